The monoisotopic (exact) mass is 410 g/mol. The normalized spacial score (nSPS) is 34.3. The number of benzene rings is 1. The van der Waals surface area contributed by atoms with Crippen molar-refractivity contribution in [3.05, 3.63) is 47.8 Å². The molecule has 0 aromatic heterocycles. The third-order valence-electron chi connectivity index (χ3n) is 9.01. The summed E-state index contributed by atoms with van der Waals surface area (Å²) in [7, 11) is 0. The molecule has 1 aromatic carbocycles. The first-order valence-electron chi connectivity index (χ1n) is 13.0. The number of aryl methyl sites for hydroxylation is 1. The molecule has 1 aromatic rings. The second-order valence-corrected chi connectivity index (χ2v) is 11.1. The van der Waals surface area contributed by atoms with Crippen molar-refractivity contribution in [1.29, 1.82) is 0 Å². The van der Waals surface area contributed by atoms with E-state index in [-0.39, 0.29) is 5.82 Å². The Morgan fingerprint density at radius 3 is 2.37 bits per heavy atom. The van der Waals surface area contributed by atoms with Crippen molar-refractivity contribution in [2.75, 3.05) is 0 Å². The molecular weight excluding hydrogens is 367 g/mol. The van der Waals surface area contributed by atoms with Gasteiger partial charge in [-0.1, -0.05) is 70.1 Å². The van der Waals surface area contributed by atoms with E-state index in [9.17, 15) is 4.39 Å². The average Bonchev–Trinajstić information content (AvgIpc) is 2.77. The van der Waals surface area contributed by atoms with Crippen LogP contribution >= 0.6 is 0 Å². The highest BCUT2D eigenvalue weighted by Gasteiger charge is 2.36. The first-order valence-corrected chi connectivity index (χ1v) is 13.0. The summed E-state index contributed by atoms with van der Waals surface area (Å²) in [6, 6.07) is 6.09. The van der Waals surface area contributed by atoms with Crippen LogP contribution in [0.4, 0.5) is 4.39 Å². The van der Waals surface area contributed by atoms with Crippen molar-refractivity contribution in [3.8, 4) is 0 Å². The fourth-order valence-corrected chi connectivity index (χ4v) is 6.92. The first kappa shape index (κ1) is 22.1. The molecule has 4 rings (SSSR count). The minimum Gasteiger partial charge on any atom is -0.207 e. The predicted octanol–water partition coefficient (Wildman–Crippen LogP) is 8.85. The molecule has 0 saturated heterocycles. The highest BCUT2D eigenvalue weighted by Crippen LogP contribution is 2.49. The lowest BCUT2D eigenvalue weighted by atomic mass is 9.63. The smallest absolute Gasteiger partial charge is 0.126 e. The Bertz CT molecular complexity index is 684. The number of rotatable bonds is 7. The summed E-state index contributed by atoms with van der Waals surface area (Å²) in [6.45, 7) is 6.19. The van der Waals surface area contributed by atoms with E-state index >= 15 is 0 Å². The lowest BCUT2D eigenvalue weighted by molar-refractivity contribution is 0.109. The van der Waals surface area contributed by atoms with Gasteiger partial charge in [0.25, 0.3) is 0 Å². The van der Waals surface area contributed by atoms with Crippen LogP contribution in [0.25, 0.3) is 0 Å². The van der Waals surface area contributed by atoms with Crippen LogP contribution in [0.3, 0.4) is 0 Å². The number of hydrogen-bond acceptors (Lipinski definition) is 0. The van der Waals surface area contributed by atoms with E-state index in [1.165, 1.54) is 82.6 Å². The SMILES string of the molecule is C=CCCc1ccc(C2CCC3CC(CCC4CCC(C)CC4)CCC3C2)cc1F. The highest BCUT2D eigenvalue weighted by molar-refractivity contribution is 5.28. The Labute approximate surface area is 184 Å². The number of hydrogen-bond donors (Lipinski definition) is 0. The van der Waals surface area contributed by atoms with Crippen molar-refractivity contribution < 1.29 is 4.39 Å². The Morgan fingerprint density at radius 2 is 1.60 bits per heavy atom. The van der Waals surface area contributed by atoms with E-state index in [1.807, 2.05) is 18.2 Å². The third-order valence-corrected chi connectivity index (χ3v) is 9.01. The topological polar surface area (TPSA) is 0 Å². The molecule has 1 heteroatoms. The number of allylic oxidation sites excluding steroid dienone is 1. The molecule has 30 heavy (non-hydrogen) atoms. The second-order valence-electron chi connectivity index (χ2n) is 11.1. The van der Waals surface area contributed by atoms with Gasteiger partial charge in [-0.3, -0.25) is 0 Å². The molecule has 4 atom stereocenters. The summed E-state index contributed by atoms with van der Waals surface area (Å²) < 4.78 is 14.5. The second kappa shape index (κ2) is 10.5. The van der Waals surface area contributed by atoms with Crippen molar-refractivity contribution in [3.63, 3.8) is 0 Å². The van der Waals surface area contributed by atoms with Crippen molar-refractivity contribution in [2.45, 2.75) is 103 Å². The van der Waals surface area contributed by atoms with E-state index in [2.05, 4.69) is 19.6 Å². The summed E-state index contributed by atoms with van der Waals surface area (Å²) in [5, 5.41) is 0. The van der Waals surface area contributed by atoms with E-state index in [1.54, 1.807) is 0 Å². The van der Waals surface area contributed by atoms with Gasteiger partial charge in [0, 0.05) is 0 Å². The molecule has 3 aliphatic carbocycles. The molecule has 0 bridgehead atoms. The molecule has 0 amide bonds. The zero-order valence-corrected chi connectivity index (χ0v) is 19.3. The minimum absolute atomic E-state index is 0.00251. The van der Waals surface area contributed by atoms with E-state index in [0.29, 0.717) is 5.92 Å². The molecule has 3 fully saturated rings. The third kappa shape index (κ3) is 5.57. The van der Waals surface area contributed by atoms with Gasteiger partial charge < -0.3 is 0 Å². The van der Waals surface area contributed by atoms with Gasteiger partial charge >= 0.3 is 0 Å². The van der Waals surface area contributed by atoms with Gasteiger partial charge in [-0.25, -0.2) is 4.39 Å². The zero-order valence-electron chi connectivity index (χ0n) is 19.3. The van der Waals surface area contributed by atoms with Crippen LogP contribution in [0, 0.1) is 35.4 Å². The highest BCUT2D eigenvalue weighted by atomic mass is 19.1. The molecule has 0 nitrogen and oxygen atoms in total. The first-order chi connectivity index (χ1) is 14.6. The summed E-state index contributed by atoms with van der Waals surface area (Å²) in [4.78, 5) is 0. The molecule has 0 spiro atoms. The van der Waals surface area contributed by atoms with Crippen molar-refractivity contribution >= 4 is 0 Å². The summed E-state index contributed by atoms with van der Waals surface area (Å²) in [6.07, 6.45) is 20.7. The lowest BCUT2D eigenvalue weighted by Gasteiger charge is -2.43. The lowest BCUT2D eigenvalue weighted by Crippen LogP contribution is -2.30. The Morgan fingerprint density at radius 1 is 0.900 bits per heavy atom. The molecule has 4 unspecified atom stereocenters. The van der Waals surface area contributed by atoms with E-state index < -0.39 is 0 Å². The maximum Gasteiger partial charge on any atom is 0.126 e. The van der Waals surface area contributed by atoms with Crippen LogP contribution in [-0.2, 0) is 6.42 Å². The van der Waals surface area contributed by atoms with Gasteiger partial charge in [0.15, 0.2) is 0 Å². The van der Waals surface area contributed by atoms with Crippen LogP contribution in [0.2, 0.25) is 0 Å². The van der Waals surface area contributed by atoms with Gasteiger partial charge in [0.1, 0.15) is 5.82 Å². The predicted molar refractivity (Wildman–Crippen MR) is 126 cm³/mol. The molecule has 3 aliphatic rings. The molecule has 0 N–H and O–H groups in total. The standard InChI is InChI=1S/C29H43F/c1-3-4-5-24-14-15-28(20-29(24)30)27-17-16-25-18-23(12-13-26(25)19-27)11-10-22-8-6-21(2)7-9-22/h3,14-15,20-23,25-27H,1,4-13,16-19H2,2H3. The quantitative estimate of drug-likeness (QED) is 0.394. The minimum atomic E-state index is -0.00251. The van der Waals surface area contributed by atoms with Crippen LogP contribution in [-0.4, -0.2) is 0 Å². The fraction of sp³-hybridized carbons (Fsp3) is 0.724. The van der Waals surface area contributed by atoms with Gasteiger partial charge in [-0.05, 0) is 97.6 Å². The van der Waals surface area contributed by atoms with Gasteiger partial charge in [0.2, 0.25) is 0 Å². The van der Waals surface area contributed by atoms with Gasteiger partial charge in [-0.15, -0.1) is 6.58 Å². The van der Waals surface area contributed by atoms with Gasteiger partial charge in [-0.2, -0.15) is 0 Å². The van der Waals surface area contributed by atoms with Crippen LogP contribution in [0.5, 0.6) is 0 Å². The molecule has 0 radical (unpaired) electrons. The van der Waals surface area contributed by atoms with E-state index in [0.717, 1.165) is 48.0 Å². The summed E-state index contributed by atoms with van der Waals surface area (Å²) in [5.41, 5.74) is 2.10. The Kier molecular flexibility index (Phi) is 7.71. The average molecular weight is 411 g/mol. The van der Waals surface area contributed by atoms with E-state index in [4.69, 9.17) is 0 Å². The molecule has 166 valence electrons. The van der Waals surface area contributed by atoms with Crippen LogP contribution in [0.15, 0.2) is 30.9 Å². The van der Waals surface area contributed by atoms with Crippen molar-refractivity contribution in [2.24, 2.45) is 29.6 Å². The Balaban J connectivity index is 1.25. The molecular formula is C29H43F. The maximum atomic E-state index is 14.5. The fourth-order valence-electron chi connectivity index (χ4n) is 6.92. The number of fused-ring (bicyclic) bond motifs is 1. The molecule has 0 heterocycles. The largest absolute Gasteiger partial charge is 0.207 e. The number of halogens is 1. The maximum absolute atomic E-state index is 14.5. The molecule has 3 saturated carbocycles. The van der Waals surface area contributed by atoms with Crippen molar-refractivity contribution in [1.82, 2.24) is 0 Å². The molecule has 0 aliphatic heterocycles. The summed E-state index contributed by atoms with van der Waals surface area (Å²) >= 11 is 0. The zero-order chi connectivity index (χ0) is 20.9. The van der Waals surface area contributed by atoms with Crippen LogP contribution < -0.4 is 0 Å². The van der Waals surface area contributed by atoms with Crippen LogP contribution in [0.1, 0.15) is 107 Å². The summed E-state index contributed by atoms with van der Waals surface area (Å²) in [5.74, 6) is 5.40. The van der Waals surface area contributed by atoms with Gasteiger partial charge in [0.05, 0.1) is 0 Å². The Hall–Kier alpha value is -1.11.